The highest BCUT2D eigenvalue weighted by molar-refractivity contribution is 6.11. The van der Waals surface area contributed by atoms with E-state index in [-0.39, 0.29) is 0 Å². The number of benzene rings is 2. The van der Waals surface area contributed by atoms with Gasteiger partial charge in [-0.1, -0.05) is 48.5 Å². The Balaban J connectivity index is 1.49. The van der Waals surface area contributed by atoms with Crippen LogP contribution in [0.3, 0.4) is 0 Å². The van der Waals surface area contributed by atoms with E-state index in [1.165, 1.54) is 5.56 Å². The van der Waals surface area contributed by atoms with Gasteiger partial charge >= 0.3 is 6.03 Å². The fraction of sp³-hybridized carbons (Fsp3) is 0.200. The summed E-state index contributed by atoms with van der Waals surface area (Å²) in [5.41, 5.74) is 2.62. The number of allylic oxidation sites excluding steroid dienone is 1. The molecule has 1 fully saturated rings. The average molecular weight is 336 g/mol. The molecule has 1 saturated heterocycles. The first kappa shape index (κ1) is 16.8. The molecule has 0 saturated carbocycles. The van der Waals surface area contributed by atoms with Gasteiger partial charge in [0.15, 0.2) is 0 Å². The molecule has 1 aliphatic rings. The molecule has 0 radical (unpaired) electrons. The van der Waals surface area contributed by atoms with E-state index in [1.54, 1.807) is 6.08 Å². The van der Waals surface area contributed by atoms with E-state index < -0.39 is 11.9 Å². The molecule has 0 atom stereocenters. The number of imide groups is 1. The number of aryl methyl sites for hydroxylation is 1. The minimum Gasteiger partial charge on any atom is -0.494 e. The summed E-state index contributed by atoms with van der Waals surface area (Å²) in [5.74, 6) is 0.419. The van der Waals surface area contributed by atoms with Gasteiger partial charge in [-0.3, -0.25) is 10.1 Å². The highest BCUT2D eigenvalue weighted by Crippen LogP contribution is 2.15. The number of hydrogen-bond acceptors (Lipinski definition) is 3. The van der Waals surface area contributed by atoms with E-state index in [1.807, 2.05) is 42.5 Å². The van der Waals surface area contributed by atoms with E-state index >= 15 is 0 Å². The number of amides is 3. The summed E-state index contributed by atoms with van der Waals surface area (Å²) in [4.78, 5) is 22.6. The van der Waals surface area contributed by atoms with E-state index in [2.05, 4.69) is 22.8 Å². The highest BCUT2D eigenvalue weighted by Gasteiger charge is 2.22. The van der Waals surface area contributed by atoms with Crippen LogP contribution in [0.5, 0.6) is 5.75 Å². The third-order valence-corrected chi connectivity index (χ3v) is 3.88. The van der Waals surface area contributed by atoms with Crippen LogP contribution in [0.25, 0.3) is 0 Å². The van der Waals surface area contributed by atoms with Crippen LogP contribution in [0.1, 0.15) is 17.5 Å². The first-order valence-electron chi connectivity index (χ1n) is 8.29. The Morgan fingerprint density at radius 1 is 0.920 bits per heavy atom. The van der Waals surface area contributed by atoms with Crippen LogP contribution in [0.4, 0.5) is 4.79 Å². The number of urea groups is 1. The molecule has 0 aliphatic carbocycles. The Bertz CT molecular complexity index is 785. The maximum absolute atomic E-state index is 11.5. The third-order valence-electron chi connectivity index (χ3n) is 3.88. The van der Waals surface area contributed by atoms with Gasteiger partial charge in [-0.25, -0.2) is 4.79 Å². The normalized spacial score (nSPS) is 15.1. The summed E-state index contributed by atoms with van der Waals surface area (Å²) in [7, 11) is 0. The Morgan fingerprint density at radius 3 is 2.48 bits per heavy atom. The predicted octanol–water partition coefficient (Wildman–Crippen LogP) is 2.96. The molecule has 5 nitrogen and oxygen atoms in total. The molecule has 2 aromatic carbocycles. The van der Waals surface area contributed by atoms with Crippen molar-refractivity contribution in [3.05, 3.63) is 77.5 Å². The zero-order chi connectivity index (χ0) is 17.5. The molecule has 2 N–H and O–H groups in total. The van der Waals surface area contributed by atoms with Crippen molar-refractivity contribution in [3.63, 3.8) is 0 Å². The smallest absolute Gasteiger partial charge is 0.326 e. The van der Waals surface area contributed by atoms with Crippen molar-refractivity contribution in [1.29, 1.82) is 0 Å². The van der Waals surface area contributed by atoms with Crippen LogP contribution in [0, 0.1) is 0 Å². The largest absolute Gasteiger partial charge is 0.494 e. The Kier molecular flexibility index (Phi) is 5.46. The zero-order valence-electron chi connectivity index (χ0n) is 13.8. The molecule has 3 rings (SSSR count). The molecule has 5 heteroatoms. The van der Waals surface area contributed by atoms with Gasteiger partial charge in [-0.05, 0) is 42.5 Å². The fourth-order valence-corrected chi connectivity index (χ4v) is 2.62. The van der Waals surface area contributed by atoms with Gasteiger partial charge in [0.05, 0.1) is 6.61 Å². The second-order valence-corrected chi connectivity index (χ2v) is 5.82. The number of ether oxygens (including phenoxy) is 1. The van der Waals surface area contributed by atoms with Crippen LogP contribution in [-0.4, -0.2) is 18.5 Å². The number of rotatable bonds is 7. The van der Waals surface area contributed by atoms with Gasteiger partial charge in [0, 0.05) is 0 Å². The third kappa shape index (κ3) is 4.94. The second kappa shape index (κ2) is 8.15. The molecule has 0 aromatic heterocycles. The maximum atomic E-state index is 11.5. The average Bonchev–Trinajstić information content (AvgIpc) is 2.96. The molecule has 2 aromatic rings. The van der Waals surface area contributed by atoms with Crippen molar-refractivity contribution in [2.24, 2.45) is 0 Å². The Morgan fingerprint density at radius 2 is 1.72 bits per heavy atom. The lowest BCUT2D eigenvalue weighted by molar-refractivity contribution is -0.115. The van der Waals surface area contributed by atoms with E-state index in [0.717, 1.165) is 24.2 Å². The van der Waals surface area contributed by atoms with Crippen LogP contribution >= 0.6 is 0 Å². The van der Waals surface area contributed by atoms with Crippen molar-refractivity contribution in [2.75, 3.05) is 6.61 Å². The van der Waals surface area contributed by atoms with E-state index in [9.17, 15) is 9.59 Å². The fourth-order valence-electron chi connectivity index (χ4n) is 2.62. The number of carbonyl (C=O) groups excluding carboxylic acids is 2. The molecule has 3 amide bonds. The van der Waals surface area contributed by atoms with E-state index in [4.69, 9.17) is 4.74 Å². The van der Waals surface area contributed by atoms with Crippen LogP contribution < -0.4 is 15.4 Å². The molecule has 0 bridgehead atoms. The SMILES string of the molecule is O=C1NC(=O)C(=CCc2cccc(OCCCc3ccccc3)c2)N1. The molecular weight excluding hydrogens is 316 g/mol. The van der Waals surface area contributed by atoms with Gasteiger partial charge in [-0.2, -0.15) is 0 Å². The summed E-state index contributed by atoms with van der Waals surface area (Å²) in [6, 6.07) is 17.6. The lowest BCUT2D eigenvalue weighted by Crippen LogP contribution is -2.22. The van der Waals surface area contributed by atoms with Gasteiger partial charge in [0.1, 0.15) is 11.4 Å². The minimum atomic E-state index is -0.480. The van der Waals surface area contributed by atoms with Gasteiger partial charge in [-0.15, -0.1) is 0 Å². The molecule has 1 heterocycles. The topological polar surface area (TPSA) is 67.4 Å². The first-order valence-corrected chi connectivity index (χ1v) is 8.29. The molecule has 1 aliphatic heterocycles. The lowest BCUT2D eigenvalue weighted by Gasteiger charge is -2.08. The van der Waals surface area contributed by atoms with Gasteiger partial charge in [0.25, 0.3) is 5.91 Å². The summed E-state index contributed by atoms with van der Waals surface area (Å²) < 4.78 is 5.81. The maximum Gasteiger partial charge on any atom is 0.326 e. The lowest BCUT2D eigenvalue weighted by atomic mass is 10.1. The Hall–Kier alpha value is -3.08. The molecule has 25 heavy (non-hydrogen) atoms. The predicted molar refractivity (Wildman–Crippen MR) is 95.2 cm³/mol. The highest BCUT2D eigenvalue weighted by atomic mass is 16.5. The summed E-state index contributed by atoms with van der Waals surface area (Å²) >= 11 is 0. The van der Waals surface area contributed by atoms with Crippen molar-refractivity contribution in [2.45, 2.75) is 19.3 Å². The Labute approximate surface area is 146 Å². The number of nitrogens with one attached hydrogen (secondary N) is 2. The van der Waals surface area contributed by atoms with Gasteiger partial charge < -0.3 is 10.1 Å². The van der Waals surface area contributed by atoms with Crippen LogP contribution in [0.15, 0.2) is 66.4 Å². The van der Waals surface area contributed by atoms with Crippen molar-refractivity contribution >= 4 is 11.9 Å². The second-order valence-electron chi connectivity index (χ2n) is 5.82. The summed E-state index contributed by atoms with van der Waals surface area (Å²) in [6.45, 7) is 0.651. The number of hydrogen-bond donors (Lipinski definition) is 2. The molecule has 128 valence electrons. The van der Waals surface area contributed by atoms with Gasteiger partial charge in [0.2, 0.25) is 0 Å². The number of carbonyl (C=O) groups is 2. The summed E-state index contributed by atoms with van der Waals surface area (Å²) in [6.07, 6.45) is 4.19. The van der Waals surface area contributed by atoms with Crippen LogP contribution in [0.2, 0.25) is 0 Å². The first-order chi connectivity index (χ1) is 12.2. The quantitative estimate of drug-likeness (QED) is 0.464. The molecular formula is C20H20N2O3. The summed E-state index contributed by atoms with van der Waals surface area (Å²) in [5, 5.41) is 4.66. The monoisotopic (exact) mass is 336 g/mol. The molecule has 0 unspecified atom stereocenters. The minimum absolute atomic E-state index is 0.291. The standard InChI is InChI=1S/C20H20N2O3/c23-19-18(21-20(24)22-19)12-11-16-8-4-10-17(14-16)25-13-5-9-15-6-2-1-3-7-15/h1-4,6-8,10,12,14H,5,9,11,13H2,(H2,21,22,23,24). The van der Waals surface area contributed by atoms with E-state index in [0.29, 0.717) is 18.7 Å². The van der Waals surface area contributed by atoms with Crippen molar-refractivity contribution in [3.8, 4) is 5.75 Å². The van der Waals surface area contributed by atoms with Crippen LogP contribution in [-0.2, 0) is 17.6 Å². The van der Waals surface area contributed by atoms with Crippen molar-refractivity contribution < 1.29 is 14.3 Å². The van der Waals surface area contributed by atoms with Crippen molar-refractivity contribution in [1.82, 2.24) is 10.6 Å². The molecule has 0 spiro atoms. The zero-order valence-corrected chi connectivity index (χ0v) is 13.8.